The van der Waals surface area contributed by atoms with E-state index >= 15 is 0 Å². The quantitative estimate of drug-likeness (QED) is 0.475. The molecular formula is C23H33Cl4N7. The summed E-state index contributed by atoms with van der Waals surface area (Å²) in [5, 5.41) is 4.25. The predicted molar refractivity (Wildman–Crippen MR) is 146 cm³/mol. The van der Waals surface area contributed by atoms with E-state index in [1.165, 1.54) is 5.56 Å². The third-order valence-electron chi connectivity index (χ3n) is 6.65. The average Bonchev–Trinajstić information content (AvgIpc) is 3.14. The highest BCUT2D eigenvalue weighted by Crippen LogP contribution is 2.37. The van der Waals surface area contributed by atoms with Crippen LogP contribution in [0.5, 0.6) is 0 Å². The minimum Gasteiger partial charge on any atom is -0.353 e. The van der Waals surface area contributed by atoms with E-state index in [9.17, 15) is 0 Å². The molecule has 1 unspecified atom stereocenters. The Hall–Kier alpha value is -1.35. The minimum atomic E-state index is 0. The van der Waals surface area contributed by atoms with Crippen LogP contribution in [0.3, 0.4) is 0 Å². The van der Waals surface area contributed by atoms with Crippen molar-refractivity contribution < 1.29 is 0 Å². The lowest BCUT2D eigenvalue weighted by Crippen LogP contribution is -2.41. The highest BCUT2D eigenvalue weighted by Gasteiger charge is 2.30. The Morgan fingerprint density at radius 1 is 1.12 bits per heavy atom. The number of piperidine rings is 1. The van der Waals surface area contributed by atoms with Gasteiger partial charge in [0.25, 0.3) is 0 Å². The molecule has 1 aromatic carbocycles. The third-order valence-corrected chi connectivity index (χ3v) is 6.84. The first-order valence-corrected chi connectivity index (χ1v) is 11.7. The monoisotopic (exact) mass is 547 g/mol. The number of rotatable bonds is 5. The van der Waals surface area contributed by atoms with Gasteiger partial charge in [0.15, 0.2) is 0 Å². The summed E-state index contributed by atoms with van der Waals surface area (Å²) < 4.78 is 2.36. The van der Waals surface area contributed by atoms with E-state index in [-0.39, 0.29) is 43.3 Å². The molecule has 0 amide bonds. The van der Waals surface area contributed by atoms with Gasteiger partial charge in [0.1, 0.15) is 5.15 Å². The fraction of sp³-hybridized carbons (Fsp3) is 0.522. The molecule has 7 nitrogen and oxygen atoms in total. The highest BCUT2D eigenvalue weighted by molar-refractivity contribution is 6.29. The smallest absolute Gasteiger partial charge is 0.204 e. The maximum absolute atomic E-state index is 6.14. The number of halogens is 4. The molecule has 11 heteroatoms. The summed E-state index contributed by atoms with van der Waals surface area (Å²) in [6.45, 7) is 5.97. The summed E-state index contributed by atoms with van der Waals surface area (Å²) in [6.07, 6.45) is 6.87. The van der Waals surface area contributed by atoms with Crippen molar-refractivity contribution in [1.29, 1.82) is 0 Å². The van der Waals surface area contributed by atoms with Gasteiger partial charge in [-0.05, 0) is 50.7 Å². The van der Waals surface area contributed by atoms with Crippen molar-refractivity contribution in [2.24, 2.45) is 5.73 Å². The molecule has 1 atom stereocenters. The lowest BCUT2D eigenvalue weighted by Gasteiger charge is -2.33. The van der Waals surface area contributed by atoms with Crippen LogP contribution >= 0.6 is 48.8 Å². The van der Waals surface area contributed by atoms with Crippen LogP contribution in [0.4, 0.5) is 5.95 Å². The number of hydrogen-bond acceptors (Lipinski definition) is 6. The van der Waals surface area contributed by atoms with Crippen molar-refractivity contribution in [3.63, 3.8) is 0 Å². The van der Waals surface area contributed by atoms with Crippen LogP contribution in [0.15, 0.2) is 24.4 Å². The number of anilines is 1. The fourth-order valence-corrected chi connectivity index (χ4v) is 5.22. The number of likely N-dealkylation sites (tertiary alicyclic amines) is 1. The van der Waals surface area contributed by atoms with Crippen LogP contribution in [-0.2, 0) is 6.42 Å². The number of imidazole rings is 1. The fourth-order valence-electron chi connectivity index (χ4n) is 5.07. The van der Waals surface area contributed by atoms with Gasteiger partial charge in [0, 0.05) is 32.2 Å². The molecule has 3 N–H and O–H groups in total. The van der Waals surface area contributed by atoms with Crippen molar-refractivity contribution in [1.82, 2.24) is 24.4 Å². The molecule has 5 rings (SSSR count). The van der Waals surface area contributed by atoms with E-state index in [0.29, 0.717) is 11.2 Å². The zero-order chi connectivity index (χ0) is 21.4. The molecular weight excluding hydrogens is 516 g/mol. The number of hydrogen-bond donors (Lipinski definition) is 2. The van der Waals surface area contributed by atoms with Crippen LogP contribution in [0.25, 0.3) is 11.0 Å². The lowest BCUT2D eigenvalue weighted by molar-refractivity contribution is 0.224. The van der Waals surface area contributed by atoms with E-state index in [1.807, 2.05) is 0 Å². The van der Waals surface area contributed by atoms with Gasteiger partial charge >= 0.3 is 0 Å². The predicted octanol–water partition coefficient (Wildman–Crippen LogP) is 4.81. The Morgan fingerprint density at radius 2 is 1.88 bits per heavy atom. The number of aromatic nitrogens is 4. The van der Waals surface area contributed by atoms with Gasteiger partial charge in [-0.15, -0.1) is 37.2 Å². The molecule has 1 aliphatic heterocycles. The van der Waals surface area contributed by atoms with Gasteiger partial charge in [-0.1, -0.05) is 23.7 Å². The van der Waals surface area contributed by atoms with Crippen molar-refractivity contribution in [2.45, 2.75) is 51.1 Å². The summed E-state index contributed by atoms with van der Waals surface area (Å²) in [6, 6.07) is 6.93. The molecule has 1 saturated heterocycles. The summed E-state index contributed by atoms with van der Waals surface area (Å²) in [4.78, 5) is 16.8. The number of nitrogens with zero attached hydrogens (tertiary/aromatic N) is 5. The zero-order valence-electron chi connectivity index (χ0n) is 19.2. The summed E-state index contributed by atoms with van der Waals surface area (Å²) in [5.41, 5.74) is 11.2. The van der Waals surface area contributed by atoms with E-state index in [0.717, 1.165) is 86.7 Å². The highest BCUT2D eigenvalue weighted by atomic mass is 35.5. The molecule has 1 fully saturated rings. The van der Waals surface area contributed by atoms with Crippen LogP contribution in [-0.4, -0.2) is 56.6 Å². The second-order valence-electron chi connectivity index (χ2n) is 8.73. The van der Waals surface area contributed by atoms with Crippen LogP contribution in [0.1, 0.15) is 48.7 Å². The molecule has 1 aliphatic carbocycles. The average molecular weight is 549 g/mol. The van der Waals surface area contributed by atoms with Gasteiger partial charge in [-0.2, -0.15) is 0 Å². The van der Waals surface area contributed by atoms with Crippen LogP contribution in [0.2, 0.25) is 5.15 Å². The van der Waals surface area contributed by atoms with Gasteiger partial charge < -0.3 is 20.5 Å². The third kappa shape index (κ3) is 5.72. The zero-order valence-corrected chi connectivity index (χ0v) is 22.4. The second kappa shape index (κ2) is 12.6. The van der Waals surface area contributed by atoms with E-state index < -0.39 is 0 Å². The molecule has 2 aromatic heterocycles. The SMILES string of the molecule is Cc1cccc2c1nc(NC1CCN(CCN)CC1)n2C1CCCc2nc(Cl)cnc21.Cl.Cl.Cl. The molecule has 0 radical (unpaired) electrons. The van der Waals surface area contributed by atoms with Crippen molar-refractivity contribution in [3.05, 3.63) is 46.5 Å². The first kappa shape index (κ1) is 28.9. The Labute approximate surface area is 224 Å². The lowest BCUT2D eigenvalue weighted by atomic mass is 9.95. The van der Waals surface area contributed by atoms with Gasteiger partial charge in [-0.25, -0.2) is 9.97 Å². The summed E-state index contributed by atoms with van der Waals surface area (Å²) in [5.74, 6) is 0.941. The molecule has 188 valence electrons. The number of aryl methyl sites for hydroxylation is 2. The van der Waals surface area contributed by atoms with Crippen LogP contribution in [0, 0.1) is 6.92 Å². The molecule has 34 heavy (non-hydrogen) atoms. The number of para-hydroxylation sites is 1. The normalized spacial score (nSPS) is 18.4. The summed E-state index contributed by atoms with van der Waals surface area (Å²) in [7, 11) is 0. The number of nitrogens with two attached hydrogens (primary N) is 1. The van der Waals surface area contributed by atoms with Gasteiger partial charge in [0.05, 0.1) is 34.7 Å². The van der Waals surface area contributed by atoms with E-state index in [2.05, 4.69) is 44.9 Å². The van der Waals surface area contributed by atoms with Gasteiger partial charge in [0.2, 0.25) is 5.95 Å². The number of benzene rings is 1. The van der Waals surface area contributed by atoms with Crippen LogP contribution < -0.4 is 11.1 Å². The molecule has 0 spiro atoms. The Balaban J connectivity index is 0.00000136. The topological polar surface area (TPSA) is 84.9 Å². The second-order valence-corrected chi connectivity index (χ2v) is 9.12. The minimum absolute atomic E-state index is 0. The van der Waals surface area contributed by atoms with E-state index in [4.69, 9.17) is 27.3 Å². The molecule has 3 aromatic rings. The van der Waals surface area contributed by atoms with Gasteiger partial charge in [-0.3, -0.25) is 4.98 Å². The largest absolute Gasteiger partial charge is 0.353 e. The Morgan fingerprint density at radius 3 is 2.62 bits per heavy atom. The summed E-state index contributed by atoms with van der Waals surface area (Å²) >= 11 is 6.14. The molecule has 0 bridgehead atoms. The first-order valence-electron chi connectivity index (χ1n) is 11.3. The Bertz CT molecular complexity index is 1080. The Kier molecular flexibility index (Phi) is 10.7. The number of nitrogens with one attached hydrogen (secondary N) is 1. The molecule has 2 aliphatic rings. The standard InChI is InChI=1S/C23H30ClN7.3ClH/c1-15-4-2-6-18-21(15)29-23(27-16-8-11-30(12-9-16)13-10-25)31(18)19-7-3-5-17-22(19)26-14-20(24)28-17;;;/h2,4,6,14,16,19H,3,5,7-13,25H2,1H3,(H,27,29);3*1H. The van der Waals surface area contributed by atoms with Crippen molar-refractivity contribution in [3.8, 4) is 0 Å². The molecule has 0 saturated carbocycles. The number of fused-ring (bicyclic) bond motifs is 2. The van der Waals surface area contributed by atoms with Crippen molar-refractivity contribution >= 4 is 65.8 Å². The maximum Gasteiger partial charge on any atom is 0.204 e. The van der Waals surface area contributed by atoms with Crippen molar-refractivity contribution in [2.75, 3.05) is 31.5 Å². The molecule has 3 heterocycles. The first-order chi connectivity index (χ1) is 15.1. The maximum atomic E-state index is 6.14. The van der Waals surface area contributed by atoms with E-state index in [1.54, 1.807) is 6.20 Å².